The van der Waals surface area contributed by atoms with Crippen molar-refractivity contribution in [3.8, 4) is 0 Å². The van der Waals surface area contributed by atoms with Crippen LogP contribution >= 0.6 is 11.8 Å². The summed E-state index contributed by atoms with van der Waals surface area (Å²) in [4.78, 5) is 4.56. The lowest BCUT2D eigenvalue weighted by atomic mass is 10.1. The van der Waals surface area contributed by atoms with Crippen LogP contribution < -0.4 is 5.32 Å². The fraction of sp³-hybridized carbons (Fsp3) is 0.909. The molecule has 0 amide bonds. The van der Waals surface area contributed by atoms with Gasteiger partial charge in [-0.1, -0.05) is 32.5 Å². The molecule has 0 aromatic carbocycles. The van der Waals surface area contributed by atoms with Crippen LogP contribution in [0.25, 0.3) is 0 Å². The molecular weight excluding hydrogens is 192 g/mol. The predicted molar refractivity (Wildman–Crippen MR) is 63.9 cm³/mol. The van der Waals surface area contributed by atoms with Crippen molar-refractivity contribution in [3.63, 3.8) is 0 Å². The summed E-state index contributed by atoms with van der Waals surface area (Å²) in [6.45, 7) is 7.91. The van der Waals surface area contributed by atoms with E-state index in [0.29, 0.717) is 11.5 Å². The van der Waals surface area contributed by atoms with Gasteiger partial charge < -0.3 is 5.32 Å². The lowest BCUT2D eigenvalue weighted by Crippen LogP contribution is -2.30. The third-order valence-corrected chi connectivity index (χ3v) is 4.76. The molecule has 1 aliphatic heterocycles. The first-order valence-electron chi connectivity index (χ1n) is 5.58. The summed E-state index contributed by atoms with van der Waals surface area (Å²) in [5.41, 5.74) is 0.548. The molecule has 2 rings (SSSR count). The minimum atomic E-state index is 0.548. The van der Waals surface area contributed by atoms with Crippen molar-refractivity contribution in [2.45, 2.75) is 39.7 Å². The zero-order valence-corrected chi connectivity index (χ0v) is 10.2. The van der Waals surface area contributed by atoms with Crippen molar-refractivity contribution in [1.29, 1.82) is 0 Å². The molecule has 1 aliphatic carbocycles. The Hall–Kier alpha value is -0.180. The van der Waals surface area contributed by atoms with Gasteiger partial charge in [0.15, 0.2) is 5.17 Å². The standard InChI is InChI=1S/C11H20N2S/c1-4-11(3)5-9(11)13-10-12-6-8(2)7-14-10/h8-9H,4-7H2,1-3H3,(H,12,13). The topological polar surface area (TPSA) is 24.4 Å². The Kier molecular flexibility index (Phi) is 2.78. The average Bonchev–Trinajstić information content (AvgIpc) is 2.82. The van der Waals surface area contributed by atoms with Crippen LogP contribution in [0, 0.1) is 11.3 Å². The van der Waals surface area contributed by atoms with Crippen LogP contribution in [0.1, 0.15) is 33.6 Å². The predicted octanol–water partition coefficient (Wildman–Crippen LogP) is 2.50. The van der Waals surface area contributed by atoms with Gasteiger partial charge >= 0.3 is 0 Å². The van der Waals surface area contributed by atoms with E-state index in [1.807, 2.05) is 11.8 Å². The Bertz CT molecular complexity index is 252. The van der Waals surface area contributed by atoms with E-state index in [2.05, 4.69) is 31.1 Å². The van der Waals surface area contributed by atoms with E-state index in [-0.39, 0.29) is 0 Å². The summed E-state index contributed by atoms with van der Waals surface area (Å²) in [5, 5.41) is 4.75. The van der Waals surface area contributed by atoms with E-state index in [4.69, 9.17) is 0 Å². The van der Waals surface area contributed by atoms with Gasteiger partial charge in [-0.2, -0.15) is 0 Å². The van der Waals surface area contributed by atoms with E-state index in [0.717, 1.165) is 12.5 Å². The first-order valence-corrected chi connectivity index (χ1v) is 6.56. The molecule has 0 aromatic rings. The minimum Gasteiger partial charge on any atom is -0.362 e. The maximum absolute atomic E-state index is 4.56. The summed E-state index contributed by atoms with van der Waals surface area (Å²) in [6, 6.07) is 0.687. The number of hydrogen-bond acceptors (Lipinski definition) is 3. The second kappa shape index (κ2) is 3.76. The van der Waals surface area contributed by atoms with Gasteiger partial charge in [-0.25, -0.2) is 0 Å². The number of nitrogens with one attached hydrogen (secondary N) is 1. The second-order valence-electron chi connectivity index (χ2n) is 4.97. The molecule has 80 valence electrons. The Balaban J connectivity index is 1.83. The van der Waals surface area contributed by atoms with Crippen LogP contribution in [0.4, 0.5) is 0 Å². The molecule has 0 bridgehead atoms. The lowest BCUT2D eigenvalue weighted by Gasteiger charge is -2.19. The molecule has 1 N–H and O–H groups in total. The SMILES string of the molecule is CCC1(C)CC1NC1=NCC(C)CS1. The third-order valence-electron chi connectivity index (χ3n) is 3.51. The molecular formula is C11H20N2S. The van der Waals surface area contributed by atoms with E-state index in [1.165, 1.54) is 23.8 Å². The van der Waals surface area contributed by atoms with E-state index >= 15 is 0 Å². The van der Waals surface area contributed by atoms with Crippen LogP contribution in [0.5, 0.6) is 0 Å². The van der Waals surface area contributed by atoms with Gasteiger partial charge in [-0.05, 0) is 24.2 Å². The number of amidine groups is 1. The molecule has 0 radical (unpaired) electrons. The summed E-state index contributed by atoms with van der Waals surface area (Å²) in [5.74, 6) is 1.98. The highest BCUT2D eigenvalue weighted by molar-refractivity contribution is 8.13. The minimum absolute atomic E-state index is 0.548. The van der Waals surface area contributed by atoms with Crippen molar-refractivity contribution in [2.75, 3.05) is 12.3 Å². The van der Waals surface area contributed by atoms with Crippen molar-refractivity contribution < 1.29 is 0 Å². The van der Waals surface area contributed by atoms with Crippen molar-refractivity contribution in [1.82, 2.24) is 5.32 Å². The highest BCUT2D eigenvalue weighted by atomic mass is 32.2. The number of thioether (sulfide) groups is 1. The number of nitrogens with zero attached hydrogens (tertiary/aromatic N) is 1. The lowest BCUT2D eigenvalue weighted by molar-refractivity contribution is 0.512. The monoisotopic (exact) mass is 212 g/mol. The summed E-state index contributed by atoms with van der Waals surface area (Å²) < 4.78 is 0. The molecule has 0 saturated heterocycles. The fourth-order valence-electron chi connectivity index (χ4n) is 1.82. The van der Waals surface area contributed by atoms with Gasteiger partial charge in [0, 0.05) is 18.3 Å². The highest BCUT2D eigenvalue weighted by Crippen LogP contribution is 2.48. The van der Waals surface area contributed by atoms with E-state index < -0.39 is 0 Å². The summed E-state index contributed by atoms with van der Waals surface area (Å²) in [7, 11) is 0. The number of hydrogen-bond donors (Lipinski definition) is 1. The van der Waals surface area contributed by atoms with Crippen LogP contribution in [0.15, 0.2) is 4.99 Å². The summed E-state index contributed by atoms with van der Waals surface area (Å²) in [6.07, 6.45) is 2.59. The molecule has 2 aliphatic rings. The smallest absolute Gasteiger partial charge is 0.156 e. The molecule has 1 saturated carbocycles. The van der Waals surface area contributed by atoms with Crippen LogP contribution in [-0.4, -0.2) is 23.5 Å². The number of rotatable bonds is 2. The molecule has 3 unspecified atom stereocenters. The molecule has 2 nitrogen and oxygen atoms in total. The van der Waals surface area contributed by atoms with Crippen LogP contribution in [0.3, 0.4) is 0 Å². The van der Waals surface area contributed by atoms with Gasteiger partial charge in [-0.15, -0.1) is 0 Å². The van der Waals surface area contributed by atoms with Crippen molar-refractivity contribution in [3.05, 3.63) is 0 Å². The van der Waals surface area contributed by atoms with Crippen LogP contribution in [0.2, 0.25) is 0 Å². The molecule has 3 atom stereocenters. The maximum atomic E-state index is 4.56. The van der Waals surface area contributed by atoms with E-state index in [9.17, 15) is 0 Å². The normalized spacial score (nSPS) is 41.8. The molecule has 0 aromatic heterocycles. The van der Waals surface area contributed by atoms with Crippen molar-refractivity contribution >= 4 is 16.9 Å². The zero-order valence-electron chi connectivity index (χ0n) is 9.34. The zero-order chi connectivity index (χ0) is 10.2. The highest BCUT2D eigenvalue weighted by Gasteiger charge is 2.48. The Labute approximate surface area is 90.9 Å². The molecule has 0 spiro atoms. The molecule has 14 heavy (non-hydrogen) atoms. The quantitative estimate of drug-likeness (QED) is 0.760. The number of aliphatic imine (C=N–C) groups is 1. The van der Waals surface area contributed by atoms with E-state index in [1.54, 1.807) is 0 Å². The van der Waals surface area contributed by atoms with Gasteiger partial charge in [-0.3, -0.25) is 4.99 Å². The first-order chi connectivity index (χ1) is 6.64. The van der Waals surface area contributed by atoms with Crippen LogP contribution in [-0.2, 0) is 0 Å². The Morgan fingerprint density at radius 3 is 2.93 bits per heavy atom. The van der Waals surface area contributed by atoms with Gasteiger partial charge in [0.05, 0.1) is 0 Å². The van der Waals surface area contributed by atoms with Gasteiger partial charge in [0.1, 0.15) is 0 Å². The second-order valence-corrected chi connectivity index (χ2v) is 5.98. The average molecular weight is 212 g/mol. The first kappa shape index (κ1) is 10.3. The Morgan fingerprint density at radius 2 is 2.43 bits per heavy atom. The molecule has 1 heterocycles. The molecule has 1 fully saturated rings. The Morgan fingerprint density at radius 1 is 1.64 bits per heavy atom. The van der Waals surface area contributed by atoms with Gasteiger partial charge in [0.25, 0.3) is 0 Å². The van der Waals surface area contributed by atoms with Crippen molar-refractivity contribution in [2.24, 2.45) is 16.3 Å². The van der Waals surface area contributed by atoms with Gasteiger partial charge in [0.2, 0.25) is 0 Å². The largest absolute Gasteiger partial charge is 0.362 e. The fourth-order valence-corrected chi connectivity index (χ4v) is 2.76. The summed E-state index contributed by atoms with van der Waals surface area (Å²) >= 11 is 1.89. The molecule has 3 heteroatoms. The third kappa shape index (κ3) is 2.08. The maximum Gasteiger partial charge on any atom is 0.156 e.